The molecule has 7 nitrogen and oxygen atoms in total. The Morgan fingerprint density at radius 2 is 2.00 bits per heavy atom. The number of amides is 1. The Hall–Kier alpha value is -2.59. The van der Waals surface area contributed by atoms with Crippen LogP contribution < -0.4 is 10.1 Å². The Bertz CT molecular complexity index is 1340. The Labute approximate surface area is 205 Å². The van der Waals surface area contributed by atoms with Crippen molar-refractivity contribution in [3.63, 3.8) is 0 Å². The van der Waals surface area contributed by atoms with Crippen LogP contribution in [-0.2, 0) is 11.5 Å². The van der Waals surface area contributed by atoms with Crippen LogP contribution in [0.25, 0.3) is 10.1 Å². The number of esters is 1. The summed E-state index contributed by atoms with van der Waals surface area (Å²) in [5, 5.41) is 8.67. The number of thiophene rings is 1. The summed E-state index contributed by atoms with van der Waals surface area (Å²) in [5.41, 5.74) is 0.774. The van der Waals surface area contributed by atoms with Crippen LogP contribution in [0, 0.1) is 0 Å². The highest BCUT2D eigenvalue weighted by Crippen LogP contribution is 2.37. The van der Waals surface area contributed by atoms with Gasteiger partial charge in [0.2, 0.25) is 0 Å². The van der Waals surface area contributed by atoms with Crippen molar-refractivity contribution in [1.82, 2.24) is 9.78 Å². The van der Waals surface area contributed by atoms with Crippen molar-refractivity contribution >= 4 is 78.1 Å². The van der Waals surface area contributed by atoms with Crippen molar-refractivity contribution in [2.75, 3.05) is 12.4 Å². The number of methoxy groups -OCH3 is 1. The molecule has 4 rings (SSSR count). The molecule has 2 aromatic carbocycles. The van der Waals surface area contributed by atoms with Gasteiger partial charge in [-0.2, -0.15) is 5.10 Å². The van der Waals surface area contributed by atoms with Crippen LogP contribution in [0.4, 0.5) is 5.69 Å². The van der Waals surface area contributed by atoms with Crippen molar-refractivity contribution in [3.8, 4) is 5.75 Å². The summed E-state index contributed by atoms with van der Waals surface area (Å²) in [5.74, 6) is -0.281. The standard InChI is InChI=1S/C21H14BrCl2N3O4S/c1-30-21(29)19-18(24)13-4-3-12(9-17(13)32-19)25-20(28)15-6-7-27(26-15)10-31-16-5-2-11(23)8-14(16)22/h2-9H,10H2,1H3,(H,25,28). The lowest BCUT2D eigenvalue weighted by molar-refractivity contribution is 0.0606. The fourth-order valence-corrected chi connectivity index (χ4v) is 5.11. The minimum Gasteiger partial charge on any atom is -0.470 e. The van der Waals surface area contributed by atoms with E-state index in [0.717, 1.165) is 9.17 Å². The fourth-order valence-electron chi connectivity index (χ4n) is 2.84. The van der Waals surface area contributed by atoms with Gasteiger partial charge in [-0.15, -0.1) is 11.3 Å². The number of aromatic nitrogens is 2. The summed E-state index contributed by atoms with van der Waals surface area (Å²) in [7, 11) is 1.30. The van der Waals surface area contributed by atoms with E-state index in [2.05, 4.69) is 26.3 Å². The highest BCUT2D eigenvalue weighted by Gasteiger charge is 2.18. The van der Waals surface area contributed by atoms with Crippen LogP contribution in [0.5, 0.6) is 5.75 Å². The lowest BCUT2D eigenvalue weighted by atomic mass is 10.2. The first kappa shape index (κ1) is 22.6. The summed E-state index contributed by atoms with van der Waals surface area (Å²) < 4.78 is 13.4. The average Bonchev–Trinajstić information content (AvgIpc) is 3.37. The van der Waals surface area contributed by atoms with Gasteiger partial charge in [0.25, 0.3) is 5.91 Å². The molecule has 0 fully saturated rings. The van der Waals surface area contributed by atoms with E-state index in [4.69, 9.17) is 32.7 Å². The van der Waals surface area contributed by atoms with Crippen LogP contribution in [0.1, 0.15) is 20.2 Å². The zero-order chi connectivity index (χ0) is 22.8. The number of hydrogen-bond donors (Lipinski definition) is 1. The maximum Gasteiger partial charge on any atom is 0.349 e. The molecule has 0 aliphatic carbocycles. The van der Waals surface area contributed by atoms with Crippen molar-refractivity contribution in [1.29, 1.82) is 0 Å². The van der Waals surface area contributed by atoms with Crippen molar-refractivity contribution in [2.45, 2.75) is 6.73 Å². The zero-order valence-corrected chi connectivity index (χ0v) is 20.3. The lowest BCUT2D eigenvalue weighted by Crippen LogP contribution is -2.14. The summed E-state index contributed by atoms with van der Waals surface area (Å²) in [6, 6.07) is 12.0. The van der Waals surface area contributed by atoms with Gasteiger partial charge in [-0.1, -0.05) is 23.2 Å². The highest BCUT2D eigenvalue weighted by molar-refractivity contribution is 9.10. The van der Waals surface area contributed by atoms with Gasteiger partial charge in [0, 0.05) is 27.0 Å². The third kappa shape index (κ3) is 4.75. The highest BCUT2D eigenvalue weighted by atomic mass is 79.9. The molecule has 0 radical (unpaired) electrons. The molecule has 0 atom stereocenters. The van der Waals surface area contributed by atoms with Gasteiger partial charge in [0.15, 0.2) is 12.4 Å². The second-order valence-corrected chi connectivity index (χ2v) is 9.21. The molecule has 2 heterocycles. The van der Waals surface area contributed by atoms with Crippen molar-refractivity contribution in [2.24, 2.45) is 0 Å². The second-order valence-electron chi connectivity index (χ2n) is 6.49. The predicted molar refractivity (Wildman–Crippen MR) is 128 cm³/mol. The van der Waals surface area contributed by atoms with Gasteiger partial charge in [0.05, 0.1) is 16.6 Å². The number of halogens is 3. The molecule has 0 bridgehead atoms. The summed E-state index contributed by atoms with van der Waals surface area (Å²) in [6.07, 6.45) is 1.64. The molecule has 11 heteroatoms. The quantitative estimate of drug-likeness (QED) is 0.285. The molecule has 1 amide bonds. The van der Waals surface area contributed by atoms with Crippen LogP contribution in [0.2, 0.25) is 10.0 Å². The molecule has 0 unspecified atom stereocenters. The number of nitrogens with zero attached hydrogens (tertiary/aromatic N) is 2. The topological polar surface area (TPSA) is 82.5 Å². The fraction of sp³-hybridized carbons (Fsp3) is 0.0952. The summed E-state index contributed by atoms with van der Waals surface area (Å²) >= 11 is 16.8. The average molecular weight is 555 g/mol. The largest absolute Gasteiger partial charge is 0.470 e. The van der Waals surface area contributed by atoms with E-state index >= 15 is 0 Å². The smallest absolute Gasteiger partial charge is 0.349 e. The van der Waals surface area contributed by atoms with Gasteiger partial charge in [-0.05, 0) is 58.4 Å². The van der Waals surface area contributed by atoms with Crippen LogP contribution in [0.15, 0.2) is 53.1 Å². The molecule has 2 aromatic heterocycles. The molecule has 0 spiro atoms. The normalized spacial score (nSPS) is 10.9. The SMILES string of the molecule is COC(=O)c1sc2cc(NC(=O)c3ccn(COc4ccc(Cl)cc4Br)n3)ccc2c1Cl. The van der Waals surface area contributed by atoms with Gasteiger partial charge in [-0.25, -0.2) is 9.48 Å². The molecule has 0 aliphatic heterocycles. The number of carbonyl (C=O) groups excluding carboxylic acids is 2. The molecule has 0 saturated carbocycles. The minimum absolute atomic E-state index is 0.115. The number of fused-ring (bicyclic) bond motifs is 1. The van der Waals surface area contributed by atoms with Crippen molar-refractivity contribution in [3.05, 3.63) is 73.8 Å². The molecule has 1 N–H and O–H groups in total. The van der Waals surface area contributed by atoms with Crippen LogP contribution in [0.3, 0.4) is 0 Å². The summed E-state index contributed by atoms with van der Waals surface area (Å²) in [4.78, 5) is 24.8. The van der Waals surface area contributed by atoms with E-state index in [9.17, 15) is 9.59 Å². The Kier molecular flexibility index (Phi) is 6.71. The number of benzene rings is 2. The monoisotopic (exact) mass is 553 g/mol. The number of rotatable bonds is 6. The molecular weight excluding hydrogens is 541 g/mol. The number of ether oxygens (including phenoxy) is 2. The van der Waals surface area contributed by atoms with E-state index in [-0.39, 0.29) is 18.3 Å². The van der Waals surface area contributed by atoms with E-state index < -0.39 is 5.97 Å². The Morgan fingerprint density at radius 3 is 2.75 bits per heavy atom. The zero-order valence-electron chi connectivity index (χ0n) is 16.4. The van der Waals surface area contributed by atoms with E-state index in [1.165, 1.54) is 23.1 Å². The maximum absolute atomic E-state index is 12.6. The lowest BCUT2D eigenvalue weighted by Gasteiger charge is -2.08. The first-order valence-electron chi connectivity index (χ1n) is 9.08. The molecule has 0 saturated heterocycles. The number of nitrogens with one attached hydrogen (secondary N) is 1. The Balaban J connectivity index is 1.44. The maximum atomic E-state index is 12.6. The predicted octanol–water partition coefficient (Wildman–Crippen LogP) is 6.24. The number of carbonyl (C=O) groups is 2. The van der Waals surface area contributed by atoms with Crippen LogP contribution >= 0.6 is 50.5 Å². The van der Waals surface area contributed by atoms with Gasteiger partial charge in [-0.3, -0.25) is 4.79 Å². The van der Waals surface area contributed by atoms with E-state index in [1.54, 1.807) is 48.7 Å². The minimum atomic E-state index is -0.500. The van der Waals surface area contributed by atoms with Gasteiger partial charge in [0.1, 0.15) is 10.6 Å². The van der Waals surface area contributed by atoms with Gasteiger partial charge < -0.3 is 14.8 Å². The molecule has 164 valence electrons. The van der Waals surface area contributed by atoms with E-state index in [1.807, 2.05) is 0 Å². The number of anilines is 1. The molecule has 4 aromatic rings. The number of hydrogen-bond acceptors (Lipinski definition) is 6. The molecule has 32 heavy (non-hydrogen) atoms. The summed E-state index contributed by atoms with van der Waals surface area (Å²) in [6.45, 7) is 0.115. The molecular formula is C21H14BrCl2N3O4S. The Morgan fingerprint density at radius 1 is 1.19 bits per heavy atom. The third-order valence-electron chi connectivity index (χ3n) is 4.38. The first-order chi connectivity index (χ1) is 15.4. The third-order valence-corrected chi connectivity index (χ3v) is 6.87. The molecule has 0 aliphatic rings. The van der Waals surface area contributed by atoms with E-state index in [0.29, 0.717) is 31.7 Å². The van der Waals surface area contributed by atoms with Gasteiger partial charge >= 0.3 is 5.97 Å². The second kappa shape index (κ2) is 9.50. The van der Waals surface area contributed by atoms with Crippen LogP contribution in [-0.4, -0.2) is 28.8 Å². The van der Waals surface area contributed by atoms with Crippen molar-refractivity contribution < 1.29 is 19.1 Å². The first-order valence-corrected chi connectivity index (χ1v) is 11.5.